The summed E-state index contributed by atoms with van der Waals surface area (Å²) in [6, 6.07) is 14.4. The number of amides is 1. The molecule has 1 amide bonds. The third-order valence-electron chi connectivity index (χ3n) is 3.75. The molecular formula is C18H19NO3. The monoisotopic (exact) mass is 297 g/mol. The predicted molar refractivity (Wildman–Crippen MR) is 86.0 cm³/mol. The Morgan fingerprint density at radius 2 is 1.91 bits per heavy atom. The highest BCUT2D eigenvalue weighted by Gasteiger charge is 2.18. The van der Waals surface area contributed by atoms with Gasteiger partial charge in [-0.15, -0.1) is 0 Å². The van der Waals surface area contributed by atoms with Gasteiger partial charge in [0.2, 0.25) is 5.91 Å². The fourth-order valence-corrected chi connectivity index (χ4v) is 2.71. The van der Waals surface area contributed by atoms with Crippen LogP contribution < -0.4 is 5.32 Å². The number of rotatable bonds is 6. The maximum atomic E-state index is 11.8. The average Bonchev–Trinajstić information content (AvgIpc) is 2.90. The number of hydrogen-bond donors (Lipinski definition) is 1. The summed E-state index contributed by atoms with van der Waals surface area (Å²) >= 11 is 0. The van der Waals surface area contributed by atoms with Crippen LogP contribution in [-0.2, 0) is 20.7 Å². The van der Waals surface area contributed by atoms with Crippen molar-refractivity contribution in [3.05, 3.63) is 53.6 Å². The number of benzene rings is 2. The van der Waals surface area contributed by atoms with Crippen LogP contribution >= 0.6 is 0 Å². The van der Waals surface area contributed by atoms with Gasteiger partial charge in [-0.2, -0.15) is 0 Å². The number of carbonyl (C=O) groups excluding carboxylic acids is 1. The first-order valence-corrected chi connectivity index (χ1v) is 7.35. The van der Waals surface area contributed by atoms with E-state index in [-0.39, 0.29) is 12.5 Å². The smallest absolute Gasteiger partial charge is 0.250 e. The van der Waals surface area contributed by atoms with Crippen molar-refractivity contribution in [3.8, 4) is 11.1 Å². The van der Waals surface area contributed by atoms with Crippen LogP contribution in [0.3, 0.4) is 0 Å². The minimum Gasteiger partial charge on any atom is -0.382 e. The molecule has 22 heavy (non-hydrogen) atoms. The van der Waals surface area contributed by atoms with Crippen molar-refractivity contribution in [3.63, 3.8) is 0 Å². The summed E-state index contributed by atoms with van der Waals surface area (Å²) in [6.45, 7) is 0.946. The minimum absolute atomic E-state index is 0.0387. The summed E-state index contributed by atoms with van der Waals surface area (Å²) < 4.78 is 10.1. The molecule has 2 aromatic carbocycles. The molecule has 114 valence electrons. The molecule has 0 unspecified atom stereocenters. The van der Waals surface area contributed by atoms with Gasteiger partial charge in [0.25, 0.3) is 0 Å². The van der Waals surface area contributed by atoms with E-state index in [1.807, 2.05) is 18.2 Å². The lowest BCUT2D eigenvalue weighted by molar-refractivity contribution is -0.121. The maximum Gasteiger partial charge on any atom is 0.250 e. The molecule has 0 saturated heterocycles. The number of carbonyl (C=O) groups is 1. The van der Waals surface area contributed by atoms with E-state index in [2.05, 4.69) is 29.6 Å². The second-order valence-electron chi connectivity index (χ2n) is 5.30. The van der Waals surface area contributed by atoms with Crippen LogP contribution in [0.15, 0.2) is 42.5 Å². The van der Waals surface area contributed by atoms with E-state index in [0.29, 0.717) is 13.2 Å². The molecule has 0 fully saturated rings. The summed E-state index contributed by atoms with van der Waals surface area (Å²) in [7, 11) is 1.60. The molecule has 0 spiro atoms. The van der Waals surface area contributed by atoms with Crippen LogP contribution in [0, 0.1) is 0 Å². The molecule has 1 aliphatic carbocycles. The number of nitrogens with one attached hydrogen (secondary N) is 1. The molecule has 0 saturated carbocycles. The minimum atomic E-state index is -0.151. The quantitative estimate of drug-likeness (QED) is 0.712. The Morgan fingerprint density at radius 1 is 1.09 bits per heavy atom. The van der Waals surface area contributed by atoms with Crippen molar-refractivity contribution < 1.29 is 14.3 Å². The molecule has 1 N–H and O–H groups in total. The van der Waals surface area contributed by atoms with E-state index in [9.17, 15) is 4.79 Å². The first kappa shape index (κ1) is 14.8. The molecule has 0 bridgehead atoms. The lowest BCUT2D eigenvalue weighted by Crippen LogP contribution is -2.19. The molecule has 3 rings (SSSR count). The largest absolute Gasteiger partial charge is 0.382 e. The van der Waals surface area contributed by atoms with Crippen LogP contribution in [0.2, 0.25) is 0 Å². The second-order valence-corrected chi connectivity index (χ2v) is 5.30. The Hall–Kier alpha value is -2.17. The number of fused-ring (bicyclic) bond motifs is 3. The summed E-state index contributed by atoms with van der Waals surface area (Å²) in [5.41, 5.74) is 5.90. The Kier molecular flexibility index (Phi) is 4.51. The SMILES string of the molecule is COCCOCC(=O)Nc1ccc2c(c1)-c1ccccc1C2. The van der Waals surface area contributed by atoms with Crippen molar-refractivity contribution in [2.24, 2.45) is 0 Å². The van der Waals surface area contributed by atoms with Crippen LogP contribution in [0.1, 0.15) is 11.1 Å². The van der Waals surface area contributed by atoms with Crippen molar-refractivity contribution in [1.29, 1.82) is 0 Å². The molecule has 0 aromatic heterocycles. The van der Waals surface area contributed by atoms with Gasteiger partial charge in [-0.25, -0.2) is 0 Å². The molecule has 4 nitrogen and oxygen atoms in total. The van der Waals surface area contributed by atoms with Crippen LogP contribution in [0.25, 0.3) is 11.1 Å². The van der Waals surface area contributed by atoms with Crippen molar-refractivity contribution >= 4 is 11.6 Å². The highest BCUT2D eigenvalue weighted by atomic mass is 16.5. The predicted octanol–water partition coefficient (Wildman–Crippen LogP) is 2.86. The van der Waals surface area contributed by atoms with E-state index in [1.54, 1.807) is 7.11 Å². The lowest BCUT2D eigenvalue weighted by atomic mass is 10.1. The molecule has 1 aliphatic rings. The van der Waals surface area contributed by atoms with Gasteiger partial charge >= 0.3 is 0 Å². The second kappa shape index (κ2) is 6.73. The molecule has 0 heterocycles. The van der Waals surface area contributed by atoms with Gasteiger partial charge in [-0.3, -0.25) is 4.79 Å². The van der Waals surface area contributed by atoms with Crippen molar-refractivity contribution in [2.75, 3.05) is 32.2 Å². The summed E-state index contributed by atoms with van der Waals surface area (Å²) in [4.78, 5) is 11.8. The van der Waals surface area contributed by atoms with E-state index in [0.717, 1.165) is 12.1 Å². The molecule has 0 aliphatic heterocycles. The maximum absolute atomic E-state index is 11.8. The third-order valence-corrected chi connectivity index (χ3v) is 3.75. The van der Waals surface area contributed by atoms with Gasteiger partial charge in [-0.05, 0) is 40.8 Å². The van der Waals surface area contributed by atoms with Gasteiger partial charge in [0, 0.05) is 12.8 Å². The number of anilines is 1. The van der Waals surface area contributed by atoms with Gasteiger partial charge in [0.15, 0.2) is 0 Å². The Labute approximate surface area is 130 Å². The average molecular weight is 297 g/mol. The lowest BCUT2D eigenvalue weighted by Gasteiger charge is -2.08. The fourth-order valence-electron chi connectivity index (χ4n) is 2.71. The zero-order valence-corrected chi connectivity index (χ0v) is 12.6. The zero-order chi connectivity index (χ0) is 15.4. The number of methoxy groups -OCH3 is 1. The normalized spacial score (nSPS) is 11.9. The third kappa shape index (κ3) is 3.18. The first-order valence-electron chi connectivity index (χ1n) is 7.35. The topological polar surface area (TPSA) is 47.6 Å². The molecule has 0 atom stereocenters. The van der Waals surface area contributed by atoms with E-state index in [1.165, 1.54) is 22.3 Å². The fraction of sp³-hybridized carbons (Fsp3) is 0.278. The molecule has 2 aromatic rings. The zero-order valence-electron chi connectivity index (χ0n) is 12.6. The highest BCUT2D eigenvalue weighted by Crippen LogP contribution is 2.37. The van der Waals surface area contributed by atoms with E-state index >= 15 is 0 Å². The van der Waals surface area contributed by atoms with Gasteiger partial charge in [-0.1, -0.05) is 30.3 Å². The van der Waals surface area contributed by atoms with Crippen LogP contribution in [0.4, 0.5) is 5.69 Å². The van der Waals surface area contributed by atoms with E-state index < -0.39 is 0 Å². The summed E-state index contributed by atoms with van der Waals surface area (Å²) in [5, 5.41) is 2.87. The van der Waals surface area contributed by atoms with Crippen LogP contribution in [0.5, 0.6) is 0 Å². The summed E-state index contributed by atoms with van der Waals surface area (Å²) in [5.74, 6) is -0.151. The number of ether oxygens (including phenoxy) is 2. The molecular weight excluding hydrogens is 278 g/mol. The van der Waals surface area contributed by atoms with Gasteiger partial charge < -0.3 is 14.8 Å². The Balaban J connectivity index is 1.67. The van der Waals surface area contributed by atoms with Crippen LogP contribution in [-0.4, -0.2) is 32.8 Å². The van der Waals surface area contributed by atoms with Gasteiger partial charge in [0.1, 0.15) is 6.61 Å². The molecule has 0 radical (unpaired) electrons. The van der Waals surface area contributed by atoms with Crippen molar-refractivity contribution in [2.45, 2.75) is 6.42 Å². The van der Waals surface area contributed by atoms with Gasteiger partial charge in [0.05, 0.1) is 13.2 Å². The van der Waals surface area contributed by atoms with E-state index in [4.69, 9.17) is 9.47 Å². The Bertz CT molecular complexity index is 682. The number of hydrogen-bond acceptors (Lipinski definition) is 3. The summed E-state index contributed by atoms with van der Waals surface area (Å²) in [6.07, 6.45) is 0.958. The highest BCUT2D eigenvalue weighted by molar-refractivity contribution is 5.93. The van der Waals surface area contributed by atoms with Crippen molar-refractivity contribution in [1.82, 2.24) is 0 Å². The first-order chi connectivity index (χ1) is 10.8. The molecule has 4 heteroatoms. The standard InChI is InChI=1S/C18H19NO3/c1-21-8-9-22-12-18(20)19-15-7-6-14-10-13-4-2-3-5-16(13)17(14)11-15/h2-7,11H,8-10,12H2,1H3,(H,19,20). The Morgan fingerprint density at radius 3 is 2.77 bits per heavy atom.